The van der Waals surface area contributed by atoms with Crippen LogP contribution in [0.1, 0.15) is 34.6 Å². The van der Waals surface area contributed by atoms with E-state index in [0.717, 1.165) is 5.71 Å². The highest BCUT2D eigenvalue weighted by molar-refractivity contribution is 5.83. The van der Waals surface area contributed by atoms with E-state index in [1.165, 1.54) is 0 Å². The average Bonchev–Trinajstić information content (AvgIpc) is 1.82. The van der Waals surface area contributed by atoms with Crippen LogP contribution in [0.25, 0.3) is 0 Å². The van der Waals surface area contributed by atoms with Crippen LogP contribution < -0.4 is 5.43 Å². The molecule has 60 valence electrons. The molecule has 0 unspecified atom stereocenters. The lowest BCUT2D eigenvalue weighted by molar-refractivity contribution is 0.614. The van der Waals surface area contributed by atoms with Crippen molar-refractivity contribution in [3.63, 3.8) is 0 Å². The van der Waals surface area contributed by atoms with Crippen molar-refractivity contribution in [2.75, 3.05) is 0 Å². The summed E-state index contributed by atoms with van der Waals surface area (Å²) in [6.45, 7) is 10.5. The molecule has 0 aromatic heterocycles. The number of hydrazone groups is 1. The molecule has 0 bridgehead atoms. The molecule has 1 N–H and O–H groups in total. The Morgan fingerprint density at radius 1 is 1.20 bits per heavy atom. The summed E-state index contributed by atoms with van der Waals surface area (Å²) >= 11 is 0. The van der Waals surface area contributed by atoms with Crippen LogP contribution in [-0.2, 0) is 0 Å². The molecule has 0 aliphatic carbocycles. The number of hydrogen-bond acceptors (Lipinski definition) is 2. The fourth-order valence-corrected chi connectivity index (χ4v) is 0.360. The minimum absolute atomic E-state index is 0.439. The summed E-state index contributed by atoms with van der Waals surface area (Å²) in [6, 6.07) is 0.439. The van der Waals surface area contributed by atoms with Gasteiger partial charge < -0.3 is 5.43 Å². The van der Waals surface area contributed by atoms with Crippen LogP contribution in [0.4, 0.5) is 0 Å². The van der Waals surface area contributed by atoms with E-state index in [4.69, 9.17) is 0 Å². The molecule has 0 aliphatic rings. The first-order chi connectivity index (χ1) is 4.54. The Morgan fingerprint density at radius 3 is 2.00 bits per heavy atom. The van der Waals surface area contributed by atoms with Gasteiger partial charge in [0, 0.05) is 11.8 Å². The van der Waals surface area contributed by atoms with Gasteiger partial charge in [-0.25, -0.2) is 0 Å². The van der Waals surface area contributed by atoms with Crippen molar-refractivity contribution >= 4 is 5.71 Å². The second kappa shape index (κ2) is 4.31. The maximum atomic E-state index is 4.19. The maximum absolute atomic E-state index is 4.19. The van der Waals surface area contributed by atoms with Gasteiger partial charge in [0.1, 0.15) is 0 Å². The van der Waals surface area contributed by atoms with E-state index in [0.29, 0.717) is 12.0 Å². The van der Waals surface area contributed by atoms with Crippen molar-refractivity contribution in [1.29, 1.82) is 0 Å². The van der Waals surface area contributed by atoms with Crippen molar-refractivity contribution in [3.05, 3.63) is 0 Å². The third-order valence-electron chi connectivity index (χ3n) is 1.33. The Bertz CT molecular complexity index is 114. The Labute approximate surface area is 63.7 Å². The van der Waals surface area contributed by atoms with Crippen LogP contribution in [0.15, 0.2) is 5.10 Å². The Hall–Kier alpha value is -0.530. The van der Waals surface area contributed by atoms with E-state index in [1.807, 2.05) is 6.92 Å². The van der Waals surface area contributed by atoms with Crippen LogP contribution in [0, 0.1) is 5.92 Å². The molecule has 10 heavy (non-hydrogen) atoms. The van der Waals surface area contributed by atoms with Gasteiger partial charge in [0.15, 0.2) is 0 Å². The van der Waals surface area contributed by atoms with Crippen molar-refractivity contribution < 1.29 is 0 Å². The van der Waals surface area contributed by atoms with Crippen LogP contribution in [0.3, 0.4) is 0 Å². The van der Waals surface area contributed by atoms with Crippen molar-refractivity contribution in [2.45, 2.75) is 40.7 Å². The third kappa shape index (κ3) is 4.36. The minimum Gasteiger partial charge on any atom is -0.308 e. The Morgan fingerprint density at radius 2 is 1.70 bits per heavy atom. The molecule has 0 fully saturated rings. The van der Waals surface area contributed by atoms with Gasteiger partial charge in [-0.05, 0) is 26.7 Å². The smallest absolute Gasteiger partial charge is 0.0383 e. The largest absolute Gasteiger partial charge is 0.308 e. The lowest BCUT2D eigenvalue weighted by Crippen LogP contribution is -2.19. The SMILES string of the molecule is CC(=NNC(C)C)C(C)C. The van der Waals surface area contributed by atoms with E-state index in [9.17, 15) is 0 Å². The van der Waals surface area contributed by atoms with Gasteiger partial charge in [-0.1, -0.05) is 13.8 Å². The van der Waals surface area contributed by atoms with Crippen molar-refractivity contribution in [1.82, 2.24) is 5.43 Å². The number of rotatable bonds is 3. The van der Waals surface area contributed by atoms with Crippen molar-refractivity contribution in [3.8, 4) is 0 Å². The molecule has 0 spiro atoms. The molecule has 2 heteroatoms. The van der Waals surface area contributed by atoms with Gasteiger partial charge in [0.05, 0.1) is 0 Å². The first-order valence-electron chi connectivity index (χ1n) is 3.83. The normalized spacial score (nSPS) is 12.9. The monoisotopic (exact) mass is 142 g/mol. The third-order valence-corrected chi connectivity index (χ3v) is 1.33. The quantitative estimate of drug-likeness (QED) is 0.473. The highest BCUT2D eigenvalue weighted by atomic mass is 15.3. The Balaban J connectivity index is 3.69. The summed E-state index contributed by atoms with van der Waals surface area (Å²) in [5, 5.41) is 4.19. The molecular weight excluding hydrogens is 124 g/mol. The predicted octanol–water partition coefficient (Wildman–Crippen LogP) is 2.02. The fraction of sp³-hybridized carbons (Fsp3) is 0.875. The summed E-state index contributed by atoms with van der Waals surface area (Å²) in [7, 11) is 0. The summed E-state index contributed by atoms with van der Waals surface area (Å²) < 4.78 is 0. The van der Waals surface area contributed by atoms with Gasteiger partial charge in [-0.15, -0.1) is 0 Å². The lowest BCUT2D eigenvalue weighted by atomic mass is 10.1. The van der Waals surface area contributed by atoms with E-state index in [2.05, 4.69) is 38.2 Å². The van der Waals surface area contributed by atoms with E-state index < -0.39 is 0 Å². The van der Waals surface area contributed by atoms with Gasteiger partial charge in [-0.2, -0.15) is 5.10 Å². The summed E-state index contributed by atoms with van der Waals surface area (Å²) in [5.74, 6) is 0.547. The molecule has 0 radical (unpaired) electrons. The number of nitrogens with one attached hydrogen (secondary N) is 1. The molecule has 0 aromatic carbocycles. The van der Waals surface area contributed by atoms with Crippen LogP contribution in [0.5, 0.6) is 0 Å². The molecule has 0 aromatic rings. The van der Waals surface area contributed by atoms with E-state index in [-0.39, 0.29) is 0 Å². The zero-order valence-corrected chi connectivity index (χ0v) is 7.60. The van der Waals surface area contributed by atoms with Gasteiger partial charge in [-0.3, -0.25) is 0 Å². The van der Waals surface area contributed by atoms with E-state index >= 15 is 0 Å². The van der Waals surface area contributed by atoms with Gasteiger partial charge >= 0.3 is 0 Å². The summed E-state index contributed by atoms with van der Waals surface area (Å²) in [5.41, 5.74) is 4.18. The molecule has 0 heterocycles. The standard InChI is InChI=1S/C8H18N2/c1-6(2)8(5)10-9-7(3)4/h6-7,9H,1-5H3. The molecule has 0 saturated carbocycles. The van der Waals surface area contributed by atoms with Crippen LogP contribution in [-0.4, -0.2) is 11.8 Å². The molecule has 2 nitrogen and oxygen atoms in total. The lowest BCUT2D eigenvalue weighted by Gasteiger charge is -2.07. The van der Waals surface area contributed by atoms with Crippen molar-refractivity contribution in [2.24, 2.45) is 11.0 Å². The van der Waals surface area contributed by atoms with E-state index in [1.54, 1.807) is 0 Å². The minimum atomic E-state index is 0.439. The topological polar surface area (TPSA) is 24.4 Å². The summed E-state index contributed by atoms with van der Waals surface area (Å²) in [6.07, 6.45) is 0. The van der Waals surface area contributed by atoms with Gasteiger partial charge in [0.2, 0.25) is 0 Å². The van der Waals surface area contributed by atoms with Gasteiger partial charge in [0.25, 0.3) is 0 Å². The molecule has 0 atom stereocenters. The summed E-state index contributed by atoms with van der Waals surface area (Å²) in [4.78, 5) is 0. The van der Waals surface area contributed by atoms with Crippen LogP contribution in [0.2, 0.25) is 0 Å². The molecule has 0 rings (SSSR count). The maximum Gasteiger partial charge on any atom is 0.0383 e. The molecule has 0 amide bonds. The first kappa shape index (κ1) is 9.47. The second-order valence-corrected chi connectivity index (χ2v) is 3.19. The predicted molar refractivity (Wildman–Crippen MR) is 46.2 cm³/mol. The molecule has 0 aliphatic heterocycles. The number of nitrogens with zero attached hydrogens (tertiary/aromatic N) is 1. The average molecular weight is 142 g/mol. The molecular formula is C8H18N2. The fourth-order valence-electron chi connectivity index (χ4n) is 0.360. The Kier molecular flexibility index (Phi) is 4.08. The highest BCUT2D eigenvalue weighted by Gasteiger charge is 1.96. The zero-order chi connectivity index (χ0) is 8.15. The number of hydrogen-bond donors (Lipinski definition) is 1. The second-order valence-electron chi connectivity index (χ2n) is 3.19. The highest BCUT2D eigenvalue weighted by Crippen LogP contribution is 1.94. The molecule has 0 saturated heterocycles. The van der Waals surface area contributed by atoms with Crippen LogP contribution >= 0.6 is 0 Å². The zero-order valence-electron chi connectivity index (χ0n) is 7.60. The first-order valence-corrected chi connectivity index (χ1v) is 3.83.